The monoisotopic (exact) mass is 195 g/mol. The van der Waals surface area contributed by atoms with Gasteiger partial charge in [-0.05, 0) is 13.0 Å². The first-order chi connectivity index (χ1) is 6.20. The molecule has 0 amide bonds. The lowest BCUT2D eigenvalue weighted by atomic mass is 10.5. The number of nitrogens with zero attached hydrogens (tertiary/aromatic N) is 4. The van der Waals surface area contributed by atoms with Crippen LogP contribution in [-0.4, -0.2) is 24.7 Å². The van der Waals surface area contributed by atoms with Gasteiger partial charge in [0, 0.05) is 5.69 Å². The Balaban J connectivity index is 2.75. The predicted molar refractivity (Wildman–Crippen MR) is 47.3 cm³/mol. The fraction of sp³-hybridized carbons (Fsp3) is 0.286. The average Bonchev–Trinajstić information content (AvgIpc) is 2.47. The number of fused-ring (bicyclic) bond motifs is 1. The van der Waals surface area contributed by atoms with Crippen LogP contribution in [0.2, 0.25) is 0 Å². The van der Waals surface area contributed by atoms with Gasteiger partial charge in [-0.3, -0.25) is 0 Å². The third-order valence-electron chi connectivity index (χ3n) is 1.59. The van der Waals surface area contributed by atoms with Crippen molar-refractivity contribution in [2.75, 3.05) is 0 Å². The molecule has 1 N–H and O–H groups in total. The number of aliphatic hydroxyl groups excluding tert-OH is 1. The third-order valence-corrected chi connectivity index (χ3v) is 1.88. The van der Waals surface area contributed by atoms with Crippen LogP contribution in [-0.2, 0) is 6.61 Å². The highest BCUT2D eigenvalue weighted by molar-refractivity contribution is 7.80. The minimum Gasteiger partial charge on any atom is -0.388 e. The van der Waals surface area contributed by atoms with Crippen LogP contribution in [0.25, 0.3) is 5.78 Å². The van der Waals surface area contributed by atoms with E-state index in [0.29, 0.717) is 16.6 Å². The Morgan fingerprint density at radius 3 is 3.00 bits per heavy atom. The Morgan fingerprint density at radius 1 is 1.54 bits per heavy atom. The van der Waals surface area contributed by atoms with Crippen LogP contribution in [0.1, 0.15) is 11.5 Å². The molecular formula is C7H7N4OS. The van der Waals surface area contributed by atoms with E-state index in [1.807, 2.05) is 6.92 Å². The van der Waals surface area contributed by atoms with Gasteiger partial charge in [0.15, 0.2) is 5.82 Å². The standard InChI is InChI=1S/C7H7N4OS/c1-4-2-6(13)11-7(8-4)9-5(3-12)10-11/h2,12H,3H2,1H3. The maximum absolute atomic E-state index is 8.80. The minimum atomic E-state index is -0.197. The van der Waals surface area contributed by atoms with Crippen molar-refractivity contribution < 1.29 is 5.11 Å². The number of aromatic nitrogens is 4. The Labute approximate surface area is 79.9 Å². The molecule has 0 bridgehead atoms. The summed E-state index contributed by atoms with van der Waals surface area (Å²) in [5.41, 5.74) is 0.800. The highest BCUT2D eigenvalue weighted by Crippen LogP contribution is 2.09. The Morgan fingerprint density at radius 2 is 2.31 bits per heavy atom. The van der Waals surface area contributed by atoms with Crippen molar-refractivity contribution in [1.29, 1.82) is 0 Å². The summed E-state index contributed by atoms with van der Waals surface area (Å²) >= 11 is 5.04. The molecule has 0 aliphatic carbocycles. The number of hydrogen-bond donors (Lipinski definition) is 1. The fourth-order valence-electron chi connectivity index (χ4n) is 1.06. The average molecular weight is 195 g/mol. The summed E-state index contributed by atoms with van der Waals surface area (Å²) in [5, 5.41) is 13.3. The van der Waals surface area contributed by atoms with Gasteiger partial charge in [0.25, 0.3) is 5.78 Å². The molecule has 0 saturated carbocycles. The summed E-state index contributed by atoms with van der Waals surface area (Å²) in [6.45, 7) is 1.64. The third kappa shape index (κ3) is 1.34. The SMILES string of the molecule is Cc1cc([S])n2nc(CO)nc2n1. The van der Waals surface area contributed by atoms with E-state index in [1.165, 1.54) is 4.52 Å². The topological polar surface area (TPSA) is 63.3 Å². The number of aryl methyl sites for hydroxylation is 1. The molecule has 2 rings (SSSR count). The zero-order valence-electron chi connectivity index (χ0n) is 6.93. The molecule has 2 aromatic rings. The summed E-state index contributed by atoms with van der Waals surface area (Å²) in [6.07, 6.45) is 0. The summed E-state index contributed by atoms with van der Waals surface area (Å²) in [4.78, 5) is 8.09. The first kappa shape index (κ1) is 8.33. The van der Waals surface area contributed by atoms with E-state index in [1.54, 1.807) is 6.07 Å². The first-order valence-electron chi connectivity index (χ1n) is 3.72. The molecule has 2 aromatic heterocycles. The predicted octanol–water partition coefficient (Wildman–Crippen LogP) is 0.481. The highest BCUT2D eigenvalue weighted by Gasteiger charge is 2.06. The molecule has 2 heterocycles. The maximum atomic E-state index is 8.80. The molecular weight excluding hydrogens is 188 g/mol. The van der Waals surface area contributed by atoms with Crippen molar-refractivity contribution in [3.63, 3.8) is 0 Å². The Kier molecular flexibility index (Phi) is 1.86. The van der Waals surface area contributed by atoms with Crippen molar-refractivity contribution in [3.8, 4) is 0 Å². The molecule has 0 aliphatic heterocycles. The highest BCUT2D eigenvalue weighted by atomic mass is 32.1. The van der Waals surface area contributed by atoms with Crippen LogP contribution >= 0.6 is 12.6 Å². The summed E-state index contributed by atoms with van der Waals surface area (Å²) < 4.78 is 1.44. The number of rotatable bonds is 1. The zero-order valence-corrected chi connectivity index (χ0v) is 7.75. The second-order valence-corrected chi connectivity index (χ2v) is 3.05. The van der Waals surface area contributed by atoms with Gasteiger partial charge in [0.2, 0.25) is 0 Å². The minimum absolute atomic E-state index is 0.197. The van der Waals surface area contributed by atoms with Gasteiger partial charge in [0.1, 0.15) is 11.6 Å². The van der Waals surface area contributed by atoms with Gasteiger partial charge in [-0.1, -0.05) is 12.6 Å². The smallest absolute Gasteiger partial charge is 0.254 e. The molecule has 0 atom stereocenters. The van der Waals surface area contributed by atoms with Crippen molar-refractivity contribution in [3.05, 3.63) is 17.6 Å². The van der Waals surface area contributed by atoms with Crippen molar-refractivity contribution >= 4 is 18.4 Å². The molecule has 13 heavy (non-hydrogen) atoms. The fourth-order valence-corrected chi connectivity index (χ4v) is 1.36. The first-order valence-corrected chi connectivity index (χ1v) is 4.12. The van der Waals surface area contributed by atoms with E-state index in [-0.39, 0.29) is 6.61 Å². The normalized spacial score (nSPS) is 10.9. The molecule has 0 spiro atoms. The van der Waals surface area contributed by atoms with Crippen LogP contribution in [0.3, 0.4) is 0 Å². The number of hydrogen-bond acceptors (Lipinski definition) is 4. The molecule has 5 nitrogen and oxygen atoms in total. The molecule has 0 unspecified atom stereocenters. The molecule has 0 aliphatic rings. The van der Waals surface area contributed by atoms with Crippen molar-refractivity contribution in [2.24, 2.45) is 0 Å². The molecule has 6 heteroatoms. The van der Waals surface area contributed by atoms with Gasteiger partial charge in [-0.2, -0.15) is 9.50 Å². The lowest BCUT2D eigenvalue weighted by Gasteiger charge is -1.95. The van der Waals surface area contributed by atoms with Crippen LogP contribution < -0.4 is 0 Å². The van der Waals surface area contributed by atoms with Gasteiger partial charge in [-0.15, -0.1) is 5.10 Å². The van der Waals surface area contributed by atoms with Crippen molar-refractivity contribution in [1.82, 2.24) is 19.6 Å². The summed E-state index contributed by atoms with van der Waals surface area (Å²) in [7, 11) is 0. The lowest BCUT2D eigenvalue weighted by Crippen LogP contribution is -1.95. The quantitative estimate of drug-likeness (QED) is 0.672. The van der Waals surface area contributed by atoms with Crippen LogP contribution in [0, 0.1) is 6.92 Å². The second kappa shape index (κ2) is 2.90. The summed E-state index contributed by atoms with van der Waals surface area (Å²) in [6, 6.07) is 1.73. The van der Waals surface area contributed by atoms with Gasteiger partial charge in [-0.25, -0.2) is 4.98 Å². The van der Waals surface area contributed by atoms with Gasteiger partial charge in [0.05, 0.1) is 0 Å². The van der Waals surface area contributed by atoms with Crippen molar-refractivity contribution in [2.45, 2.75) is 18.6 Å². The van der Waals surface area contributed by atoms with E-state index >= 15 is 0 Å². The summed E-state index contributed by atoms with van der Waals surface area (Å²) in [5.74, 6) is 0.776. The van der Waals surface area contributed by atoms with E-state index < -0.39 is 0 Å². The Bertz CT molecular complexity index is 453. The van der Waals surface area contributed by atoms with Crippen LogP contribution in [0.4, 0.5) is 0 Å². The molecule has 67 valence electrons. The van der Waals surface area contributed by atoms with E-state index in [2.05, 4.69) is 15.1 Å². The molecule has 0 saturated heterocycles. The Hall–Kier alpha value is -1.27. The molecule has 0 fully saturated rings. The van der Waals surface area contributed by atoms with Gasteiger partial charge < -0.3 is 5.11 Å². The van der Waals surface area contributed by atoms with Crippen LogP contribution in [0.5, 0.6) is 0 Å². The maximum Gasteiger partial charge on any atom is 0.254 e. The molecule has 1 radical (unpaired) electrons. The number of aliphatic hydroxyl groups is 1. The largest absolute Gasteiger partial charge is 0.388 e. The van der Waals surface area contributed by atoms with Crippen LogP contribution in [0.15, 0.2) is 11.1 Å². The van der Waals surface area contributed by atoms with Gasteiger partial charge >= 0.3 is 0 Å². The van der Waals surface area contributed by atoms with E-state index in [9.17, 15) is 0 Å². The van der Waals surface area contributed by atoms with E-state index in [4.69, 9.17) is 17.7 Å². The van der Waals surface area contributed by atoms with E-state index in [0.717, 1.165) is 5.69 Å². The zero-order chi connectivity index (χ0) is 9.42. The lowest BCUT2D eigenvalue weighted by molar-refractivity contribution is 0.271. The molecule has 0 aromatic carbocycles. The second-order valence-electron chi connectivity index (χ2n) is 2.63.